The first kappa shape index (κ1) is 25.1. The van der Waals surface area contributed by atoms with Crippen LogP contribution in [0.25, 0.3) is 20.5 Å². The van der Waals surface area contributed by atoms with Gasteiger partial charge in [0.1, 0.15) is 23.9 Å². The van der Waals surface area contributed by atoms with Crippen LogP contribution in [0.2, 0.25) is 0 Å². The van der Waals surface area contributed by atoms with Crippen LogP contribution in [-0.4, -0.2) is 56.6 Å². The van der Waals surface area contributed by atoms with Gasteiger partial charge in [-0.05, 0) is 47.9 Å². The molecule has 6 nitrogen and oxygen atoms in total. The van der Waals surface area contributed by atoms with E-state index in [1.165, 1.54) is 10.1 Å². The number of nitrogens with zero attached hydrogens (tertiary/aromatic N) is 1. The van der Waals surface area contributed by atoms with Crippen molar-refractivity contribution in [1.29, 1.82) is 0 Å². The van der Waals surface area contributed by atoms with Crippen molar-refractivity contribution >= 4 is 33.8 Å². The highest BCUT2D eigenvalue weighted by molar-refractivity contribution is 7.22. The number of rotatable bonds is 8. The lowest BCUT2D eigenvalue weighted by atomic mass is 10.1. The average Bonchev–Trinajstić information content (AvgIpc) is 3.31. The largest absolute Gasteiger partial charge is 0.504 e. The SMILES string of the molecule is COc1cc(O)c(Oc2ccc(OCCN3CCOCC3)cc2)cc1-c1cc2ccccc2s1.Cl. The Hall–Kier alpha value is -2.97. The first-order valence-corrected chi connectivity index (χ1v) is 12.1. The Kier molecular flexibility index (Phi) is 8.36. The second-order valence-electron chi connectivity index (χ2n) is 8.04. The molecule has 1 fully saturated rings. The molecule has 4 aromatic rings. The number of phenolic OH excluding ortho intramolecular Hbond substituents is 1. The van der Waals surface area contributed by atoms with Gasteiger partial charge in [0.15, 0.2) is 11.5 Å². The van der Waals surface area contributed by atoms with E-state index >= 15 is 0 Å². The molecule has 0 aliphatic carbocycles. The minimum atomic E-state index is 0. The Bertz CT molecular complexity index is 1220. The molecule has 0 amide bonds. The molecule has 1 aliphatic rings. The van der Waals surface area contributed by atoms with E-state index < -0.39 is 0 Å². The Morgan fingerprint density at radius 2 is 1.69 bits per heavy atom. The second-order valence-corrected chi connectivity index (χ2v) is 9.13. The summed E-state index contributed by atoms with van der Waals surface area (Å²) in [7, 11) is 1.60. The van der Waals surface area contributed by atoms with Crippen molar-refractivity contribution in [3.63, 3.8) is 0 Å². The van der Waals surface area contributed by atoms with Crippen LogP contribution in [-0.2, 0) is 4.74 Å². The number of fused-ring (bicyclic) bond motifs is 1. The number of phenols is 1. The Balaban J connectivity index is 0.00000289. The van der Waals surface area contributed by atoms with Crippen LogP contribution in [0, 0.1) is 0 Å². The molecule has 0 radical (unpaired) electrons. The average molecular weight is 514 g/mol. The predicted octanol–water partition coefficient (Wildman–Crippen LogP) is 6.21. The summed E-state index contributed by atoms with van der Waals surface area (Å²) in [6.07, 6.45) is 0. The lowest BCUT2D eigenvalue weighted by molar-refractivity contribution is 0.0322. The summed E-state index contributed by atoms with van der Waals surface area (Å²) in [4.78, 5) is 3.38. The maximum atomic E-state index is 10.5. The van der Waals surface area contributed by atoms with Crippen LogP contribution in [0.3, 0.4) is 0 Å². The lowest BCUT2D eigenvalue weighted by Gasteiger charge is -2.26. The number of aromatic hydroxyl groups is 1. The molecule has 1 N–H and O–H groups in total. The summed E-state index contributed by atoms with van der Waals surface area (Å²) in [5.74, 6) is 2.39. The van der Waals surface area contributed by atoms with E-state index in [2.05, 4.69) is 23.1 Å². The van der Waals surface area contributed by atoms with Crippen LogP contribution in [0.15, 0.2) is 66.7 Å². The van der Waals surface area contributed by atoms with E-state index in [9.17, 15) is 5.11 Å². The van der Waals surface area contributed by atoms with Crippen molar-refractivity contribution in [1.82, 2.24) is 4.90 Å². The van der Waals surface area contributed by atoms with Crippen LogP contribution in [0.5, 0.6) is 28.7 Å². The number of hydrogen-bond acceptors (Lipinski definition) is 7. The van der Waals surface area contributed by atoms with Gasteiger partial charge in [0, 0.05) is 40.8 Å². The third kappa shape index (κ3) is 6.00. The summed E-state index contributed by atoms with van der Waals surface area (Å²) in [5.41, 5.74) is 0.875. The van der Waals surface area contributed by atoms with Crippen LogP contribution in [0.1, 0.15) is 0 Å². The number of methoxy groups -OCH3 is 1. The van der Waals surface area contributed by atoms with Crippen molar-refractivity contribution in [2.45, 2.75) is 0 Å². The van der Waals surface area contributed by atoms with Gasteiger partial charge >= 0.3 is 0 Å². The molecule has 5 rings (SSSR count). The topological polar surface area (TPSA) is 60.4 Å². The first-order chi connectivity index (χ1) is 16.7. The summed E-state index contributed by atoms with van der Waals surface area (Å²) in [6.45, 7) is 4.97. The minimum Gasteiger partial charge on any atom is -0.504 e. The van der Waals surface area contributed by atoms with E-state index in [1.54, 1.807) is 24.5 Å². The van der Waals surface area contributed by atoms with Gasteiger partial charge in [-0.1, -0.05) is 18.2 Å². The molecule has 1 saturated heterocycles. The zero-order chi connectivity index (χ0) is 23.3. The van der Waals surface area contributed by atoms with Crippen molar-refractivity contribution in [3.8, 4) is 39.2 Å². The molecule has 0 spiro atoms. The molecule has 0 bridgehead atoms. The van der Waals surface area contributed by atoms with Gasteiger partial charge < -0.3 is 24.1 Å². The smallest absolute Gasteiger partial charge is 0.169 e. The lowest BCUT2D eigenvalue weighted by Crippen LogP contribution is -2.38. The number of ether oxygens (including phenoxy) is 4. The number of halogens is 1. The van der Waals surface area contributed by atoms with Gasteiger partial charge in [0.05, 0.1) is 20.3 Å². The molecule has 0 atom stereocenters. The standard InChI is InChI=1S/C27H27NO5S.ClH/c1-30-24-18-23(29)25(17-22(24)27-16-19-4-2-3-5-26(19)34-27)33-21-8-6-20(7-9-21)32-15-12-28-10-13-31-14-11-28;/h2-9,16-18,29H,10-15H2,1H3;1H. The quantitative estimate of drug-likeness (QED) is 0.302. The molecule has 184 valence electrons. The molecular weight excluding hydrogens is 486 g/mol. The van der Waals surface area contributed by atoms with Gasteiger partial charge in [-0.25, -0.2) is 0 Å². The maximum Gasteiger partial charge on any atom is 0.169 e. The molecule has 0 unspecified atom stereocenters. The van der Waals surface area contributed by atoms with Crippen LogP contribution < -0.4 is 14.2 Å². The fourth-order valence-corrected chi connectivity index (χ4v) is 5.04. The minimum absolute atomic E-state index is 0. The van der Waals surface area contributed by atoms with Crippen LogP contribution >= 0.6 is 23.7 Å². The second kappa shape index (κ2) is 11.6. The van der Waals surface area contributed by atoms with Gasteiger partial charge in [-0.2, -0.15) is 0 Å². The predicted molar refractivity (Wildman–Crippen MR) is 142 cm³/mol. The molecule has 0 saturated carbocycles. The molecule has 1 aromatic heterocycles. The van der Waals surface area contributed by atoms with Crippen molar-refractivity contribution in [2.75, 3.05) is 46.6 Å². The highest BCUT2D eigenvalue weighted by Gasteiger charge is 2.16. The van der Waals surface area contributed by atoms with Gasteiger partial charge in [-0.3, -0.25) is 4.90 Å². The van der Waals surface area contributed by atoms with E-state index in [1.807, 2.05) is 42.5 Å². The van der Waals surface area contributed by atoms with E-state index in [0.717, 1.165) is 49.0 Å². The molecule has 35 heavy (non-hydrogen) atoms. The maximum absolute atomic E-state index is 10.5. The summed E-state index contributed by atoms with van der Waals surface area (Å²) in [6, 6.07) is 21.2. The summed E-state index contributed by atoms with van der Waals surface area (Å²) in [5, 5.41) is 11.7. The van der Waals surface area contributed by atoms with E-state index in [4.69, 9.17) is 18.9 Å². The zero-order valence-corrected chi connectivity index (χ0v) is 21.1. The number of hydrogen-bond donors (Lipinski definition) is 1. The van der Waals surface area contributed by atoms with Gasteiger partial charge in [0.2, 0.25) is 0 Å². The Labute approximate surface area is 215 Å². The molecular formula is C27H28ClNO5S. The van der Waals surface area contributed by atoms with Gasteiger partial charge in [0.25, 0.3) is 0 Å². The van der Waals surface area contributed by atoms with Crippen molar-refractivity contribution in [2.24, 2.45) is 0 Å². The highest BCUT2D eigenvalue weighted by atomic mass is 35.5. The van der Waals surface area contributed by atoms with E-state index in [0.29, 0.717) is 23.9 Å². The number of thiophene rings is 1. The third-order valence-corrected chi connectivity index (χ3v) is 6.95. The third-order valence-electron chi connectivity index (χ3n) is 5.80. The van der Waals surface area contributed by atoms with Gasteiger partial charge in [-0.15, -0.1) is 23.7 Å². The normalized spacial score (nSPS) is 13.9. The van der Waals surface area contributed by atoms with Crippen molar-refractivity contribution < 1.29 is 24.1 Å². The summed E-state index contributed by atoms with van der Waals surface area (Å²) >= 11 is 1.68. The Morgan fingerprint density at radius 1 is 0.943 bits per heavy atom. The number of benzene rings is 3. The summed E-state index contributed by atoms with van der Waals surface area (Å²) < 4.78 is 24.0. The molecule has 2 heterocycles. The zero-order valence-electron chi connectivity index (χ0n) is 19.4. The first-order valence-electron chi connectivity index (χ1n) is 11.3. The fourth-order valence-electron chi connectivity index (χ4n) is 3.96. The number of morpholine rings is 1. The van der Waals surface area contributed by atoms with E-state index in [-0.39, 0.29) is 18.2 Å². The molecule has 8 heteroatoms. The Morgan fingerprint density at radius 3 is 2.43 bits per heavy atom. The molecule has 1 aliphatic heterocycles. The highest BCUT2D eigenvalue weighted by Crippen LogP contribution is 2.44. The monoisotopic (exact) mass is 513 g/mol. The van der Waals surface area contributed by atoms with Crippen LogP contribution in [0.4, 0.5) is 0 Å². The van der Waals surface area contributed by atoms with Crippen molar-refractivity contribution in [3.05, 3.63) is 66.7 Å². The fraction of sp³-hybridized carbons (Fsp3) is 0.259. The molecule has 3 aromatic carbocycles.